The third-order valence-electron chi connectivity index (χ3n) is 3.16. The number of aliphatic hydroxyl groups is 2. The van der Waals surface area contributed by atoms with Crippen LogP contribution in [0.2, 0.25) is 0 Å². The maximum absolute atomic E-state index is 9.17. The fourth-order valence-electron chi connectivity index (χ4n) is 2.11. The van der Waals surface area contributed by atoms with E-state index >= 15 is 0 Å². The molecule has 2 aromatic rings. The lowest BCUT2D eigenvalue weighted by Crippen LogP contribution is -2.32. The van der Waals surface area contributed by atoms with Crippen LogP contribution in [0.1, 0.15) is 12.0 Å². The van der Waals surface area contributed by atoms with Crippen molar-refractivity contribution in [3.8, 4) is 0 Å². The van der Waals surface area contributed by atoms with E-state index in [9.17, 15) is 5.11 Å². The second kappa shape index (κ2) is 6.50. The molecule has 96 valence electrons. The van der Waals surface area contributed by atoms with Gasteiger partial charge in [0.15, 0.2) is 0 Å². The molecular weight excluding hydrogens is 226 g/mol. The molecule has 2 rings (SSSR count). The normalized spacial score (nSPS) is 12.8. The molecule has 3 N–H and O–H groups in total. The highest BCUT2D eigenvalue weighted by Crippen LogP contribution is 2.18. The van der Waals surface area contributed by atoms with Crippen molar-refractivity contribution in [1.82, 2.24) is 5.32 Å². The Kier molecular flexibility index (Phi) is 4.70. The van der Waals surface area contributed by atoms with Crippen LogP contribution >= 0.6 is 0 Å². The number of hydrogen-bond donors (Lipinski definition) is 3. The van der Waals surface area contributed by atoms with Gasteiger partial charge in [-0.25, -0.2) is 0 Å². The highest BCUT2D eigenvalue weighted by molar-refractivity contribution is 5.85. The minimum Gasteiger partial charge on any atom is -0.396 e. The van der Waals surface area contributed by atoms with E-state index in [4.69, 9.17) is 5.11 Å². The van der Waals surface area contributed by atoms with Crippen molar-refractivity contribution in [3.05, 3.63) is 48.0 Å². The van der Waals surface area contributed by atoms with Crippen LogP contribution in [0.3, 0.4) is 0 Å². The summed E-state index contributed by atoms with van der Waals surface area (Å²) in [7, 11) is 0. The Balaban J connectivity index is 2.11. The van der Waals surface area contributed by atoms with Gasteiger partial charge in [-0.1, -0.05) is 42.5 Å². The monoisotopic (exact) mass is 245 g/mol. The van der Waals surface area contributed by atoms with Gasteiger partial charge in [-0.2, -0.15) is 0 Å². The van der Waals surface area contributed by atoms with Crippen LogP contribution in [0.4, 0.5) is 0 Å². The summed E-state index contributed by atoms with van der Waals surface area (Å²) in [5.74, 6) is 0. The summed E-state index contributed by atoms with van der Waals surface area (Å²) < 4.78 is 0. The van der Waals surface area contributed by atoms with Crippen molar-refractivity contribution in [2.24, 2.45) is 0 Å². The van der Waals surface area contributed by atoms with Crippen LogP contribution < -0.4 is 5.32 Å². The Labute approximate surface area is 107 Å². The van der Waals surface area contributed by atoms with Gasteiger partial charge < -0.3 is 15.5 Å². The molecule has 0 amide bonds. The fraction of sp³-hybridized carbons (Fsp3) is 0.333. The fourth-order valence-corrected chi connectivity index (χ4v) is 2.11. The van der Waals surface area contributed by atoms with Gasteiger partial charge >= 0.3 is 0 Å². The molecule has 0 spiro atoms. The van der Waals surface area contributed by atoms with Gasteiger partial charge in [0.25, 0.3) is 0 Å². The molecule has 0 aliphatic carbocycles. The Bertz CT molecular complexity index is 493. The average Bonchev–Trinajstić information content (AvgIpc) is 2.43. The molecule has 0 aliphatic rings. The van der Waals surface area contributed by atoms with Crippen LogP contribution in [0.5, 0.6) is 0 Å². The van der Waals surface area contributed by atoms with E-state index in [0.29, 0.717) is 13.0 Å². The Hall–Kier alpha value is -1.42. The average molecular weight is 245 g/mol. The zero-order valence-electron chi connectivity index (χ0n) is 10.3. The predicted octanol–water partition coefficient (Wildman–Crippen LogP) is 1.67. The zero-order chi connectivity index (χ0) is 12.8. The van der Waals surface area contributed by atoms with E-state index < -0.39 is 0 Å². The standard InChI is InChI=1S/C15H19NO2/c17-9-8-14(11-18)16-10-13-6-3-5-12-4-1-2-7-15(12)13/h1-7,14,16-18H,8-11H2. The molecule has 18 heavy (non-hydrogen) atoms. The van der Waals surface area contributed by atoms with Gasteiger partial charge in [0.1, 0.15) is 0 Å². The summed E-state index contributed by atoms with van der Waals surface area (Å²) in [6.07, 6.45) is 0.571. The lowest BCUT2D eigenvalue weighted by molar-refractivity contribution is 0.200. The first-order valence-corrected chi connectivity index (χ1v) is 6.27. The van der Waals surface area contributed by atoms with E-state index in [1.54, 1.807) is 0 Å². The first-order valence-electron chi connectivity index (χ1n) is 6.27. The number of aliphatic hydroxyl groups excluding tert-OH is 2. The minimum absolute atomic E-state index is 0.0470. The number of nitrogens with one attached hydrogen (secondary N) is 1. The first kappa shape index (κ1) is 13.0. The Morgan fingerprint density at radius 1 is 1.00 bits per heavy atom. The predicted molar refractivity (Wildman–Crippen MR) is 73.4 cm³/mol. The van der Waals surface area contributed by atoms with Crippen LogP contribution in [0.25, 0.3) is 10.8 Å². The summed E-state index contributed by atoms with van der Waals surface area (Å²) in [4.78, 5) is 0. The van der Waals surface area contributed by atoms with Crippen molar-refractivity contribution >= 4 is 10.8 Å². The van der Waals surface area contributed by atoms with Gasteiger partial charge in [0.2, 0.25) is 0 Å². The molecule has 0 fully saturated rings. The van der Waals surface area contributed by atoms with Gasteiger partial charge in [0.05, 0.1) is 6.61 Å². The molecular formula is C15H19NO2. The molecule has 0 radical (unpaired) electrons. The largest absolute Gasteiger partial charge is 0.396 e. The van der Waals surface area contributed by atoms with E-state index in [1.807, 2.05) is 18.2 Å². The molecule has 0 saturated carbocycles. The van der Waals surface area contributed by atoms with Crippen LogP contribution in [-0.2, 0) is 6.54 Å². The lowest BCUT2D eigenvalue weighted by atomic mass is 10.0. The maximum atomic E-state index is 9.17. The second-order valence-electron chi connectivity index (χ2n) is 4.41. The zero-order valence-corrected chi connectivity index (χ0v) is 10.3. The summed E-state index contributed by atoms with van der Waals surface area (Å²) in [5.41, 5.74) is 1.21. The lowest BCUT2D eigenvalue weighted by Gasteiger charge is -2.15. The minimum atomic E-state index is -0.0473. The topological polar surface area (TPSA) is 52.5 Å². The third kappa shape index (κ3) is 3.07. The van der Waals surface area contributed by atoms with Gasteiger partial charge in [0, 0.05) is 19.2 Å². The molecule has 2 aromatic carbocycles. The molecule has 3 nitrogen and oxygen atoms in total. The quantitative estimate of drug-likeness (QED) is 0.725. The summed E-state index contributed by atoms with van der Waals surface area (Å²) in [6.45, 7) is 0.839. The molecule has 0 saturated heterocycles. The highest BCUT2D eigenvalue weighted by Gasteiger charge is 2.07. The summed E-state index contributed by atoms with van der Waals surface area (Å²) in [6, 6.07) is 14.4. The van der Waals surface area contributed by atoms with Crippen molar-refractivity contribution in [1.29, 1.82) is 0 Å². The summed E-state index contributed by atoms with van der Waals surface area (Å²) >= 11 is 0. The van der Waals surface area contributed by atoms with E-state index in [0.717, 1.165) is 0 Å². The van der Waals surface area contributed by atoms with Crippen molar-refractivity contribution in [2.75, 3.05) is 13.2 Å². The smallest absolute Gasteiger partial charge is 0.0585 e. The first-order chi connectivity index (χ1) is 8.85. The van der Waals surface area contributed by atoms with Crippen LogP contribution in [0, 0.1) is 0 Å². The van der Waals surface area contributed by atoms with Gasteiger partial charge in [-0.3, -0.25) is 0 Å². The van der Waals surface area contributed by atoms with Crippen molar-refractivity contribution < 1.29 is 10.2 Å². The van der Waals surface area contributed by atoms with Crippen LogP contribution in [-0.4, -0.2) is 29.5 Å². The molecule has 3 heteroatoms. The Morgan fingerprint density at radius 2 is 1.78 bits per heavy atom. The molecule has 1 unspecified atom stereocenters. The number of rotatable bonds is 6. The van der Waals surface area contributed by atoms with E-state index in [2.05, 4.69) is 29.6 Å². The van der Waals surface area contributed by atoms with Crippen LogP contribution in [0.15, 0.2) is 42.5 Å². The molecule has 0 aromatic heterocycles. The number of fused-ring (bicyclic) bond motifs is 1. The molecule has 0 aliphatic heterocycles. The Morgan fingerprint density at radius 3 is 2.56 bits per heavy atom. The maximum Gasteiger partial charge on any atom is 0.0585 e. The summed E-state index contributed by atoms with van der Waals surface area (Å²) in [5, 5.41) is 23.8. The van der Waals surface area contributed by atoms with E-state index in [-0.39, 0.29) is 19.3 Å². The van der Waals surface area contributed by atoms with Gasteiger partial charge in [-0.15, -0.1) is 0 Å². The SMILES string of the molecule is OCCC(CO)NCc1cccc2ccccc12. The third-order valence-corrected chi connectivity index (χ3v) is 3.16. The molecule has 1 atom stereocenters. The van der Waals surface area contributed by atoms with E-state index in [1.165, 1.54) is 16.3 Å². The number of benzene rings is 2. The van der Waals surface area contributed by atoms with Crippen molar-refractivity contribution in [2.45, 2.75) is 19.0 Å². The highest BCUT2D eigenvalue weighted by atomic mass is 16.3. The van der Waals surface area contributed by atoms with Gasteiger partial charge in [-0.05, 0) is 22.8 Å². The molecule has 0 bridgehead atoms. The van der Waals surface area contributed by atoms with Crippen molar-refractivity contribution in [3.63, 3.8) is 0 Å². The second-order valence-corrected chi connectivity index (χ2v) is 4.41. The molecule has 0 heterocycles. The number of hydrogen-bond acceptors (Lipinski definition) is 3.